The SMILES string of the molecule is CC(Br)C(=O)Nc1nn(C2CCOCC2)cc1C(N)=O. The number of anilines is 1. The van der Waals surface area contributed by atoms with Crippen LogP contribution in [-0.4, -0.2) is 39.6 Å². The lowest BCUT2D eigenvalue weighted by atomic mass is 10.1. The van der Waals surface area contributed by atoms with Crippen LogP contribution in [0.2, 0.25) is 0 Å². The monoisotopic (exact) mass is 344 g/mol. The summed E-state index contributed by atoms with van der Waals surface area (Å²) in [6, 6.07) is 0.161. The first-order valence-corrected chi connectivity index (χ1v) is 7.32. The molecule has 2 rings (SSSR count). The topological polar surface area (TPSA) is 99.2 Å². The number of nitrogens with zero attached hydrogens (tertiary/aromatic N) is 2. The number of hydrogen-bond acceptors (Lipinski definition) is 4. The lowest BCUT2D eigenvalue weighted by Crippen LogP contribution is -2.23. The van der Waals surface area contributed by atoms with Gasteiger partial charge in [-0.05, 0) is 19.8 Å². The summed E-state index contributed by atoms with van der Waals surface area (Å²) in [4.78, 5) is 22.8. The molecule has 1 unspecified atom stereocenters. The van der Waals surface area contributed by atoms with Gasteiger partial charge in [0.25, 0.3) is 5.91 Å². The summed E-state index contributed by atoms with van der Waals surface area (Å²) in [7, 11) is 0. The van der Waals surface area contributed by atoms with Gasteiger partial charge in [-0.1, -0.05) is 15.9 Å². The van der Waals surface area contributed by atoms with E-state index >= 15 is 0 Å². The van der Waals surface area contributed by atoms with Crippen LogP contribution in [0.3, 0.4) is 0 Å². The van der Waals surface area contributed by atoms with Crippen molar-refractivity contribution in [2.45, 2.75) is 30.6 Å². The Balaban J connectivity index is 2.23. The number of nitrogens with one attached hydrogen (secondary N) is 1. The third-order valence-electron chi connectivity index (χ3n) is 3.17. The molecule has 0 spiro atoms. The van der Waals surface area contributed by atoms with Crippen molar-refractivity contribution >= 4 is 33.6 Å². The summed E-state index contributed by atoms with van der Waals surface area (Å²) in [5, 5.41) is 6.89. The molecule has 1 atom stereocenters. The number of halogens is 1. The van der Waals surface area contributed by atoms with Crippen LogP contribution in [-0.2, 0) is 9.53 Å². The molecule has 1 fully saturated rings. The molecule has 110 valence electrons. The molecule has 0 saturated carbocycles. The van der Waals surface area contributed by atoms with Crippen molar-refractivity contribution < 1.29 is 14.3 Å². The summed E-state index contributed by atoms with van der Waals surface area (Å²) in [6.07, 6.45) is 3.23. The Labute approximate surface area is 125 Å². The van der Waals surface area contributed by atoms with E-state index in [0.717, 1.165) is 12.8 Å². The Morgan fingerprint density at radius 1 is 1.55 bits per heavy atom. The molecule has 1 aliphatic heterocycles. The molecule has 2 heterocycles. The maximum Gasteiger partial charge on any atom is 0.254 e. The fourth-order valence-corrected chi connectivity index (χ4v) is 2.13. The first-order chi connectivity index (χ1) is 9.49. The molecule has 8 heteroatoms. The van der Waals surface area contributed by atoms with Gasteiger partial charge in [0.15, 0.2) is 5.82 Å². The molecule has 20 heavy (non-hydrogen) atoms. The fourth-order valence-electron chi connectivity index (χ4n) is 2.02. The lowest BCUT2D eigenvalue weighted by Gasteiger charge is -2.22. The largest absolute Gasteiger partial charge is 0.381 e. The van der Waals surface area contributed by atoms with Gasteiger partial charge in [0.2, 0.25) is 5.91 Å². The van der Waals surface area contributed by atoms with Gasteiger partial charge in [0, 0.05) is 19.4 Å². The summed E-state index contributed by atoms with van der Waals surface area (Å²) < 4.78 is 6.98. The molecule has 0 radical (unpaired) electrons. The van der Waals surface area contributed by atoms with Crippen molar-refractivity contribution in [3.8, 4) is 0 Å². The molecular formula is C12H17BrN4O3. The normalized spacial score (nSPS) is 17.7. The molecule has 2 amide bonds. The molecule has 0 aliphatic carbocycles. The zero-order chi connectivity index (χ0) is 14.7. The standard InChI is InChI=1S/C12H17BrN4O3/c1-7(13)12(19)15-11-9(10(14)18)6-17(16-11)8-2-4-20-5-3-8/h6-8H,2-5H2,1H3,(H2,14,18)(H,15,16,19). The molecule has 1 aromatic rings. The van der Waals surface area contributed by atoms with Gasteiger partial charge in [-0.25, -0.2) is 0 Å². The highest BCUT2D eigenvalue weighted by Gasteiger charge is 2.22. The number of primary amides is 1. The van der Waals surface area contributed by atoms with Gasteiger partial charge in [-0.3, -0.25) is 14.3 Å². The number of aromatic nitrogens is 2. The van der Waals surface area contributed by atoms with Gasteiger partial charge >= 0.3 is 0 Å². The van der Waals surface area contributed by atoms with Gasteiger partial charge in [0.05, 0.1) is 10.9 Å². The van der Waals surface area contributed by atoms with Crippen molar-refractivity contribution in [1.29, 1.82) is 0 Å². The Bertz CT molecular complexity index is 509. The zero-order valence-corrected chi connectivity index (χ0v) is 12.7. The summed E-state index contributed by atoms with van der Waals surface area (Å²) in [5.74, 6) is -0.675. The van der Waals surface area contributed by atoms with Crippen LogP contribution >= 0.6 is 15.9 Å². The predicted molar refractivity (Wildman–Crippen MR) is 76.9 cm³/mol. The van der Waals surface area contributed by atoms with Crippen LogP contribution in [0.5, 0.6) is 0 Å². The van der Waals surface area contributed by atoms with Crippen LogP contribution in [0, 0.1) is 0 Å². The van der Waals surface area contributed by atoms with E-state index in [4.69, 9.17) is 10.5 Å². The summed E-state index contributed by atoms with van der Waals surface area (Å²) in [6.45, 7) is 3.02. The number of nitrogens with two attached hydrogens (primary N) is 1. The van der Waals surface area contributed by atoms with Crippen LogP contribution in [0.15, 0.2) is 6.20 Å². The maximum absolute atomic E-state index is 11.7. The molecule has 1 aliphatic rings. The van der Waals surface area contributed by atoms with E-state index < -0.39 is 5.91 Å². The molecule has 0 aromatic carbocycles. The fraction of sp³-hybridized carbons (Fsp3) is 0.583. The minimum absolute atomic E-state index is 0.161. The zero-order valence-electron chi connectivity index (χ0n) is 11.1. The number of ether oxygens (including phenoxy) is 1. The van der Waals surface area contributed by atoms with E-state index in [0.29, 0.717) is 13.2 Å². The van der Waals surface area contributed by atoms with Gasteiger partial charge < -0.3 is 15.8 Å². The Hall–Kier alpha value is -1.41. The van der Waals surface area contributed by atoms with Crippen LogP contribution < -0.4 is 11.1 Å². The highest BCUT2D eigenvalue weighted by atomic mass is 79.9. The second kappa shape index (κ2) is 6.36. The maximum atomic E-state index is 11.7. The van der Waals surface area contributed by atoms with E-state index in [2.05, 4.69) is 26.3 Å². The van der Waals surface area contributed by atoms with Gasteiger partial charge in [0.1, 0.15) is 5.56 Å². The Kier molecular flexibility index (Phi) is 4.77. The minimum Gasteiger partial charge on any atom is -0.381 e. The lowest BCUT2D eigenvalue weighted by molar-refractivity contribution is -0.115. The van der Waals surface area contributed by atoms with Crippen LogP contribution in [0.4, 0.5) is 5.82 Å². The number of rotatable bonds is 4. The smallest absolute Gasteiger partial charge is 0.254 e. The average Bonchev–Trinajstić information content (AvgIpc) is 2.83. The van der Waals surface area contributed by atoms with E-state index in [-0.39, 0.29) is 28.2 Å². The number of carbonyl (C=O) groups is 2. The highest BCUT2D eigenvalue weighted by Crippen LogP contribution is 2.23. The number of hydrogen-bond donors (Lipinski definition) is 2. The van der Waals surface area contributed by atoms with Crippen molar-refractivity contribution in [3.63, 3.8) is 0 Å². The van der Waals surface area contributed by atoms with Crippen LogP contribution in [0.25, 0.3) is 0 Å². The third kappa shape index (κ3) is 3.37. The predicted octanol–water partition coefficient (Wildman–Crippen LogP) is 1.06. The Morgan fingerprint density at radius 3 is 2.75 bits per heavy atom. The van der Waals surface area contributed by atoms with E-state index in [1.165, 1.54) is 0 Å². The second-order valence-electron chi connectivity index (χ2n) is 4.68. The quantitative estimate of drug-likeness (QED) is 0.797. The average molecular weight is 345 g/mol. The Morgan fingerprint density at radius 2 is 2.20 bits per heavy atom. The first kappa shape index (κ1) is 15.0. The molecular weight excluding hydrogens is 328 g/mol. The van der Waals surface area contributed by atoms with Crippen LogP contribution in [0.1, 0.15) is 36.2 Å². The van der Waals surface area contributed by atoms with Crippen molar-refractivity contribution in [2.24, 2.45) is 5.73 Å². The number of alkyl halides is 1. The van der Waals surface area contributed by atoms with E-state index in [1.54, 1.807) is 17.8 Å². The van der Waals surface area contributed by atoms with Crippen molar-refractivity contribution in [1.82, 2.24) is 9.78 Å². The molecule has 7 nitrogen and oxygen atoms in total. The summed E-state index contributed by atoms with van der Waals surface area (Å²) >= 11 is 3.16. The number of carbonyl (C=O) groups excluding carboxylic acids is 2. The molecule has 1 aromatic heterocycles. The summed E-state index contributed by atoms with van der Waals surface area (Å²) in [5.41, 5.74) is 5.55. The molecule has 3 N–H and O–H groups in total. The third-order valence-corrected chi connectivity index (χ3v) is 3.58. The highest BCUT2D eigenvalue weighted by molar-refractivity contribution is 9.10. The molecule has 0 bridgehead atoms. The number of amides is 2. The first-order valence-electron chi connectivity index (χ1n) is 6.40. The van der Waals surface area contributed by atoms with Gasteiger partial charge in [-0.15, -0.1) is 0 Å². The van der Waals surface area contributed by atoms with Crippen molar-refractivity contribution in [3.05, 3.63) is 11.8 Å². The van der Waals surface area contributed by atoms with Gasteiger partial charge in [-0.2, -0.15) is 5.10 Å². The second-order valence-corrected chi connectivity index (χ2v) is 6.06. The minimum atomic E-state index is -0.610. The molecule has 1 saturated heterocycles. The van der Waals surface area contributed by atoms with E-state index in [9.17, 15) is 9.59 Å². The van der Waals surface area contributed by atoms with E-state index in [1.807, 2.05) is 0 Å². The van der Waals surface area contributed by atoms with Crippen molar-refractivity contribution in [2.75, 3.05) is 18.5 Å².